The van der Waals surface area contributed by atoms with Gasteiger partial charge >= 0.3 is 0 Å². The number of aromatic hydroxyl groups is 1. The smallest absolute Gasteiger partial charge is 0.280 e. The van der Waals surface area contributed by atoms with Crippen molar-refractivity contribution in [3.63, 3.8) is 0 Å². The van der Waals surface area contributed by atoms with E-state index in [-0.39, 0.29) is 32.8 Å². The minimum atomic E-state index is -1.05. The molecule has 1 atom stereocenters. The van der Waals surface area contributed by atoms with Gasteiger partial charge in [0, 0.05) is 11.7 Å². The molecule has 4 rings (SSSR count). The largest absolute Gasteiger partial charge is 0.508 e. The number of carbonyl (C=O) groups excluding carboxylic acids is 2. The van der Waals surface area contributed by atoms with E-state index in [1.165, 1.54) is 17.0 Å². The molecule has 1 saturated carbocycles. The Morgan fingerprint density at radius 2 is 1.74 bits per heavy atom. The van der Waals surface area contributed by atoms with E-state index in [9.17, 15) is 14.7 Å². The van der Waals surface area contributed by atoms with Gasteiger partial charge in [-0.1, -0.05) is 54.6 Å². The van der Waals surface area contributed by atoms with Gasteiger partial charge in [-0.2, -0.15) is 4.37 Å². The van der Waals surface area contributed by atoms with Crippen LogP contribution in [-0.4, -0.2) is 34.4 Å². The fourth-order valence-electron chi connectivity index (χ4n) is 4.23. The summed E-state index contributed by atoms with van der Waals surface area (Å²) in [5.41, 5.74) is 0.942. The zero-order valence-electron chi connectivity index (χ0n) is 19.0. The number of anilines is 1. The molecule has 0 spiro atoms. The summed E-state index contributed by atoms with van der Waals surface area (Å²) < 4.78 is 9.61. The molecule has 1 unspecified atom stereocenters. The molecule has 1 aliphatic rings. The summed E-state index contributed by atoms with van der Waals surface area (Å²) in [7, 11) is 1.55. The van der Waals surface area contributed by atoms with E-state index in [0.29, 0.717) is 17.0 Å². The van der Waals surface area contributed by atoms with Crippen molar-refractivity contribution in [3.05, 3.63) is 69.1 Å². The molecule has 2 aromatic carbocycles. The maximum absolute atomic E-state index is 13.9. The monoisotopic (exact) mass is 533 g/mol. The number of methoxy groups -OCH3 is 1. The molecule has 1 fully saturated rings. The number of phenols is 1. The van der Waals surface area contributed by atoms with Crippen LogP contribution in [0.15, 0.2) is 48.5 Å². The lowest BCUT2D eigenvalue weighted by atomic mass is 9.94. The first kappa shape index (κ1) is 25.3. The summed E-state index contributed by atoms with van der Waals surface area (Å²) >= 11 is 13.3. The molecule has 0 bridgehead atoms. The van der Waals surface area contributed by atoms with E-state index >= 15 is 0 Å². The molecule has 184 valence electrons. The number of ether oxygens (including phenoxy) is 1. The number of halogens is 2. The molecule has 1 aromatic heterocycles. The predicted molar refractivity (Wildman–Crippen MR) is 138 cm³/mol. The number of aromatic nitrogens is 1. The standard InChI is InChI=1S/C25H25Cl2N3O4S/c1-34-19-13-9-17(10-14-19)30(25(33)21-20(26)23(27)35-29-21)22(15-7-11-18(31)12-8-15)24(32)28-16-5-3-2-4-6-16/h7-14,16,22,31H,2-6H2,1H3,(H,28,32). The number of amides is 2. The highest BCUT2D eigenvalue weighted by Gasteiger charge is 2.36. The molecule has 35 heavy (non-hydrogen) atoms. The van der Waals surface area contributed by atoms with Gasteiger partial charge in [0.15, 0.2) is 5.69 Å². The van der Waals surface area contributed by atoms with Gasteiger partial charge in [-0.3, -0.25) is 14.5 Å². The molecule has 0 radical (unpaired) electrons. The number of rotatable bonds is 7. The van der Waals surface area contributed by atoms with Crippen LogP contribution in [0, 0.1) is 0 Å². The van der Waals surface area contributed by atoms with E-state index < -0.39 is 11.9 Å². The van der Waals surface area contributed by atoms with Crippen molar-refractivity contribution in [2.24, 2.45) is 0 Å². The lowest BCUT2D eigenvalue weighted by Gasteiger charge is -2.33. The van der Waals surface area contributed by atoms with Gasteiger partial charge in [0.1, 0.15) is 26.9 Å². The van der Waals surface area contributed by atoms with Crippen molar-refractivity contribution >= 4 is 52.2 Å². The summed E-state index contributed by atoms with van der Waals surface area (Å²) in [5.74, 6) is -0.245. The lowest BCUT2D eigenvalue weighted by molar-refractivity contribution is -0.123. The summed E-state index contributed by atoms with van der Waals surface area (Å²) in [5, 5.41) is 13.0. The van der Waals surface area contributed by atoms with E-state index in [4.69, 9.17) is 27.9 Å². The van der Waals surface area contributed by atoms with Crippen LogP contribution >= 0.6 is 34.7 Å². The van der Waals surface area contributed by atoms with Crippen molar-refractivity contribution in [3.8, 4) is 11.5 Å². The van der Waals surface area contributed by atoms with Crippen LogP contribution in [0.2, 0.25) is 9.36 Å². The van der Waals surface area contributed by atoms with E-state index in [1.807, 2.05) is 0 Å². The van der Waals surface area contributed by atoms with E-state index in [1.54, 1.807) is 43.5 Å². The number of carbonyl (C=O) groups is 2. The third kappa shape index (κ3) is 5.72. The first-order chi connectivity index (χ1) is 16.9. The SMILES string of the molecule is COc1ccc(N(C(=O)c2nsc(Cl)c2Cl)C(C(=O)NC2CCCCC2)c2ccc(O)cc2)cc1. The Hall–Kier alpha value is -2.81. The lowest BCUT2D eigenvalue weighted by Crippen LogP contribution is -2.47. The normalized spacial score (nSPS) is 14.8. The van der Waals surface area contributed by atoms with Crippen LogP contribution in [-0.2, 0) is 4.79 Å². The first-order valence-electron chi connectivity index (χ1n) is 11.3. The van der Waals surface area contributed by atoms with E-state index in [2.05, 4.69) is 9.69 Å². The van der Waals surface area contributed by atoms with Crippen LogP contribution in [0.1, 0.15) is 54.2 Å². The number of nitrogens with one attached hydrogen (secondary N) is 1. The van der Waals surface area contributed by atoms with Crippen molar-refractivity contribution in [2.75, 3.05) is 12.0 Å². The molecular weight excluding hydrogens is 509 g/mol. The second kappa shape index (κ2) is 11.3. The Balaban J connectivity index is 1.81. The topological polar surface area (TPSA) is 91.8 Å². The van der Waals surface area contributed by atoms with Gasteiger partial charge < -0.3 is 15.2 Å². The molecule has 1 aliphatic carbocycles. The molecule has 10 heteroatoms. The minimum Gasteiger partial charge on any atom is -0.508 e. The van der Waals surface area contributed by atoms with Gasteiger partial charge in [-0.15, -0.1) is 0 Å². The number of benzene rings is 2. The van der Waals surface area contributed by atoms with Crippen LogP contribution < -0.4 is 15.0 Å². The quantitative estimate of drug-likeness (QED) is 0.388. The van der Waals surface area contributed by atoms with Crippen LogP contribution in [0.25, 0.3) is 0 Å². The highest BCUT2D eigenvalue weighted by atomic mass is 35.5. The van der Waals surface area contributed by atoms with Gasteiger partial charge in [-0.05, 0) is 66.3 Å². The van der Waals surface area contributed by atoms with Gasteiger partial charge in [0.05, 0.1) is 7.11 Å². The summed E-state index contributed by atoms with van der Waals surface area (Å²) in [6.07, 6.45) is 5.01. The Kier molecular flexibility index (Phi) is 8.15. The Bertz CT molecular complexity index is 1180. The number of nitrogens with zero attached hydrogens (tertiary/aromatic N) is 2. The second-order valence-corrected chi connectivity index (χ2v) is 10.1. The maximum Gasteiger partial charge on any atom is 0.280 e. The van der Waals surface area contributed by atoms with Crippen LogP contribution in [0.3, 0.4) is 0 Å². The molecule has 0 aliphatic heterocycles. The molecule has 3 aromatic rings. The zero-order valence-corrected chi connectivity index (χ0v) is 21.4. The Morgan fingerprint density at radius 1 is 1.09 bits per heavy atom. The minimum absolute atomic E-state index is 0.0287. The number of phenolic OH excluding ortho intramolecular Hbond substituents is 1. The fourth-order valence-corrected chi connectivity index (χ4v) is 5.22. The molecule has 2 amide bonds. The molecule has 7 nitrogen and oxygen atoms in total. The average Bonchev–Trinajstić information content (AvgIpc) is 3.21. The molecule has 2 N–H and O–H groups in total. The molecular formula is C25H25Cl2N3O4S. The highest BCUT2D eigenvalue weighted by Crippen LogP contribution is 2.36. The molecule has 1 heterocycles. The Labute approximate surface area is 217 Å². The van der Waals surface area contributed by atoms with Crippen molar-refractivity contribution in [1.82, 2.24) is 9.69 Å². The zero-order chi connectivity index (χ0) is 24.9. The summed E-state index contributed by atoms with van der Waals surface area (Å²) in [6.45, 7) is 0. The van der Waals surface area contributed by atoms with Gasteiger partial charge in [0.2, 0.25) is 5.91 Å². The van der Waals surface area contributed by atoms with Gasteiger partial charge in [0.25, 0.3) is 5.91 Å². The number of hydrogen-bond acceptors (Lipinski definition) is 6. The predicted octanol–water partition coefficient (Wildman–Crippen LogP) is 6.00. The third-order valence-corrected chi connectivity index (χ3v) is 7.65. The third-order valence-electron chi connectivity index (χ3n) is 6.04. The summed E-state index contributed by atoms with van der Waals surface area (Å²) in [6, 6.07) is 12.0. The number of hydrogen-bond donors (Lipinski definition) is 2. The summed E-state index contributed by atoms with van der Waals surface area (Å²) in [4.78, 5) is 29.0. The first-order valence-corrected chi connectivity index (χ1v) is 12.8. The average molecular weight is 534 g/mol. The van der Waals surface area contributed by atoms with Crippen LogP contribution in [0.4, 0.5) is 5.69 Å². The van der Waals surface area contributed by atoms with Gasteiger partial charge in [-0.25, -0.2) is 0 Å². The van der Waals surface area contributed by atoms with Crippen LogP contribution in [0.5, 0.6) is 11.5 Å². The van der Waals surface area contributed by atoms with Crippen molar-refractivity contribution < 1.29 is 19.4 Å². The Morgan fingerprint density at radius 3 is 2.31 bits per heavy atom. The highest BCUT2D eigenvalue weighted by molar-refractivity contribution is 7.11. The van der Waals surface area contributed by atoms with Crippen molar-refractivity contribution in [2.45, 2.75) is 44.2 Å². The fraction of sp³-hybridized carbons (Fsp3) is 0.320. The van der Waals surface area contributed by atoms with Crippen molar-refractivity contribution in [1.29, 1.82) is 0 Å². The maximum atomic E-state index is 13.9. The van der Waals surface area contributed by atoms with E-state index in [0.717, 1.165) is 43.6 Å². The second-order valence-electron chi connectivity index (χ2n) is 8.33. The molecule has 0 saturated heterocycles.